The highest BCUT2D eigenvalue weighted by molar-refractivity contribution is 6.33. The molecule has 1 saturated heterocycles. The summed E-state index contributed by atoms with van der Waals surface area (Å²) >= 11 is 6.13. The largest absolute Gasteiger partial charge is 0.456 e. The third-order valence-corrected chi connectivity index (χ3v) is 4.42. The molecule has 1 aromatic carbocycles. The zero-order valence-electron chi connectivity index (χ0n) is 12.3. The fourth-order valence-corrected chi connectivity index (χ4v) is 3.08. The lowest BCUT2D eigenvalue weighted by molar-refractivity contribution is -0.0368. The van der Waals surface area contributed by atoms with Crippen LogP contribution in [0.25, 0.3) is 0 Å². The van der Waals surface area contributed by atoms with Crippen LogP contribution in [-0.2, 0) is 4.74 Å². The van der Waals surface area contributed by atoms with Gasteiger partial charge < -0.3 is 10.1 Å². The second-order valence-electron chi connectivity index (χ2n) is 5.95. The van der Waals surface area contributed by atoms with Crippen molar-refractivity contribution in [2.24, 2.45) is 5.92 Å². The molecule has 0 aliphatic carbocycles. The van der Waals surface area contributed by atoms with Gasteiger partial charge in [0.05, 0.1) is 10.6 Å². The molecule has 0 radical (unpaired) electrons. The maximum Gasteiger partial charge on any atom is 0.340 e. The number of benzene rings is 1. The fraction of sp³-hybridized carbons (Fsp3) is 0.562. The van der Waals surface area contributed by atoms with E-state index < -0.39 is 5.60 Å². The van der Waals surface area contributed by atoms with Crippen molar-refractivity contribution in [2.45, 2.75) is 39.2 Å². The standard InChI is InChI=1S/C16H22ClNO2/c1-11-5-4-6-13(17)14(11)15(19)20-16(2,3)12-7-9-18-10-8-12/h4-6,12,18H,7-10H2,1-3H3. The maximum atomic E-state index is 12.4. The van der Waals surface area contributed by atoms with Gasteiger partial charge in [0.2, 0.25) is 0 Å². The van der Waals surface area contributed by atoms with Gasteiger partial charge in [-0.05, 0) is 58.3 Å². The molecular formula is C16H22ClNO2. The van der Waals surface area contributed by atoms with E-state index >= 15 is 0 Å². The molecule has 0 spiro atoms. The summed E-state index contributed by atoms with van der Waals surface area (Å²) in [5.41, 5.74) is 0.866. The summed E-state index contributed by atoms with van der Waals surface area (Å²) in [6.45, 7) is 7.83. The molecule has 3 nitrogen and oxygen atoms in total. The van der Waals surface area contributed by atoms with E-state index in [1.165, 1.54) is 0 Å². The van der Waals surface area contributed by atoms with E-state index in [0.29, 0.717) is 16.5 Å². The molecule has 0 unspecified atom stereocenters. The molecule has 1 N–H and O–H groups in total. The number of rotatable bonds is 3. The van der Waals surface area contributed by atoms with Crippen LogP contribution in [0, 0.1) is 12.8 Å². The minimum Gasteiger partial charge on any atom is -0.456 e. The highest BCUT2D eigenvalue weighted by Gasteiger charge is 2.35. The van der Waals surface area contributed by atoms with Crippen molar-refractivity contribution < 1.29 is 9.53 Å². The summed E-state index contributed by atoms with van der Waals surface area (Å²) in [7, 11) is 0. The smallest absolute Gasteiger partial charge is 0.340 e. The lowest BCUT2D eigenvalue weighted by Crippen LogP contribution is -2.42. The lowest BCUT2D eigenvalue weighted by atomic mass is 9.83. The van der Waals surface area contributed by atoms with Crippen LogP contribution in [0.4, 0.5) is 0 Å². The quantitative estimate of drug-likeness (QED) is 0.866. The van der Waals surface area contributed by atoms with Crippen LogP contribution in [0.1, 0.15) is 42.6 Å². The van der Waals surface area contributed by atoms with E-state index in [4.69, 9.17) is 16.3 Å². The average Bonchev–Trinajstić information content (AvgIpc) is 2.39. The number of esters is 1. The Morgan fingerprint density at radius 1 is 1.35 bits per heavy atom. The molecule has 1 aliphatic heterocycles. The normalized spacial score (nSPS) is 17.0. The Morgan fingerprint density at radius 3 is 2.60 bits per heavy atom. The lowest BCUT2D eigenvalue weighted by Gasteiger charge is -2.36. The minimum absolute atomic E-state index is 0.323. The molecule has 110 valence electrons. The van der Waals surface area contributed by atoms with Gasteiger partial charge in [-0.2, -0.15) is 0 Å². The first-order valence-electron chi connectivity index (χ1n) is 7.11. The van der Waals surface area contributed by atoms with Gasteiger partial charge in [0.1, 0.15) is 5.60 Å². The number of piperidine rings is 1. The van der Waals surface area contributed by atoms with Crippen molar-refractivity contribution in [3.05, 3.63) is 34.3 Å². The van der Waals surface area contributed by atoms with Gasteiger partial charge in [0.15, 0.2) is 0 Å². The van der Waals surface area contributed by atoms with E-state index in [1.54, 1.807) is 6.07 Å². The van der Waals surface area contributed by atoms with Crippen molar-refractivity contribution in [3.8, 4) is 0 Å². The predicted molar refractivity (Wildman–Crippen MR) is 81.3 cm³/mol. The maximum absolute atomic E-state index is 12.4. The van der Waals surface area contributed by atoms with Crippen molar-refractivity contribution in [1.29, 1.82) is 0 Å². The molecule has 0 atom stereocenters. The second-order valence-corrected chi connectivity index (χ2v) is 6.36. The van der Waals surface area contributed by atoms with Crippen LogP contribution in [0.5, 0.6) is 0 Å². The number of carbonyl (C=O) groups excluding carboxylic acids is 1. The van der Waals surface area contributed by atoms with E-state index in [0.717, 1.165) is 31.5 Å². The van der Waals surface area contributed by atoms with Crippen molar-refractivity contribution in [3.63, 3.8) is 0 Å². The van der Waals surface area contributed by atoms with Gasteiger partial charge >= 0.3 is 5.97 Å². The molecule has 1 aromatic rings. The van der Waals surface area contributed by atoms with E-state index in [1.807, 2.05) is 32.9 Å². The molecule has 1 fully saturated rings. The topological polar surface area (TPSA) is 38.3 Å². The van der Waals surface area contributed by atoms with Crippen LogP contribution < -0.4 is 5.32 Å². The molecule has 1 heterocycles. The first kappa shape index (κ1) is 15.3. The average molecular weight is 296 g/mol. The molecule has 0 saturated carbocycles. The number of hydrogen-bond donors (Lipinski definition) is 1. The summed E-state index contributed by atoms with van der Waals surface area (Å²) in [5.74, 6) is 0.0622. The Bertz CT molecular complexity index is 473. The number of carbonyl (C=O) groups is 1. The Morgan fingerprint density at radius 2 is 2.00 bits per heavy atom. The first-order chi connectivity index (χ1) is 9.42. The summed E-state index contributed by atoms with van der Waals surface area (Å²) in [5, 5.41) is 3.78. The fourth-order valence-electron chi connectivity index (χ4n) is 2.78. The molecule has 20 heavy (non-hydrogen) atoms. The number of aryl methyl sites for hydroxylation is 1. The second kappa shape index (κ2) is 6.15. The van der Waals surface area contributed by atoms with E-state index in [-0.39, 0.29) is 5.97 Å². The van der Waals surface area contributed by atoms with E-state index in [2.05, 4.69) is 5.32 Å². The zero-order valence-corrected chi connectivity index (χ0v) is 13.1. The monoisotopic (exact) mass is 295 g/mol. The van der Waals surface area contributed by atoms with Crippen molar-refractivity contribution >= 4 is 17.6 Å². The third kappa shape index (κ3) is 3.33. The number of nitrogens with one attached hydrogen (secondary N) is 1. The van der Waals surface area contributed by atoms with Gasteiger partial charge in [-0.25, -0.2) is 4.79 Å². The van der Waals surface area contributed by atoms with E-state index in [9.17, 15) is 4.79 Å². The molecule has 1 aliphatic rings. The van der Waals surface area contributed by atoms with Gasteiger partial charge in [-0.3, -0.25) is 0 Å². The van der Waals surface area contributed by atoms with Crippen LogP contribution in [0.2, 0.25) is 5.02 Å². The highest BCUT2D eigenvalue weighted by atomic mass is 35.5. The molecular weight excluding hydrogens is 274 g/mol. The van der Waals surface area contributed by atoms with Gasteiger partial charge in [-0.1, -0.05) is 23.7 Å². The molecule has 4 heteroatoms. The minimum atomic E-state index is -0.467. The first-order valence-corrected chi connectivity index (χ1v) is 7.49. The van der Waals surface area contributed by atoms with Crippen molar-refractivity contribution in [1.82, 2.24) is 5.32 Å². The van der Waals surface area contributed by atoms with Crippen molar-refractivity contribution in [2.75, 3.05) is 13.1 Å². The highest BCUT2D eigenvalue weighted by Crippen LogP contribution is 2.31. The predicted octanol–water partition coefficient (Wildman–Crippen LogP) is 3.58. The number of halogens is 1. The SMILES string of the molecule is Cc1cccc(Cl)c1C(=O)OC(C)(C)C1CCNCC1. The van der Waals surface area contributed by atoms with Gasteiger partial charge in [-0.15, -0.1) is 0 Å². The summed E-state index contributed by atoms with van der Waals surface area (Å²) in [6.07, 6.45) is 2.06. The Kier molecular flexibility index (Phi) is 4.71. The summed E-state index contributed by atoms with van der Waals surface area (Å²) < 4.78 is 5.77. The molecule has 2 rings (SSSR count). The Hall–Kier alpha value is -1.06. The Balaban J connectivity index is 2.14. The molecule has 0 aromatic heterocycles. The molecule has 0 amide bonds. The van der Waals surface area contributed by atoms with Crippen LogP contribution in [0.3, 0.4) is 0 Å². The Labute approximate surface area is 125 Å². The third-order valence-electron chi connectivity index (χ3n) is 4.10. The van der Waals surface area contributed by atoms with Gasteiger partial charge in [0, 0.05) is 5.92 Å². The number of hydrogen-bond acceptors (Lipinski definition) is 3. The summed E-state index contributed by atoms with van der Waals surface area (Å²) in [6, 6.07) is 5.44. The van der Waals surface area contributed by atoms with Gasteiger partial charge in [0.25, 0.3) is 0 Å². The summed E-state index contributed by atoms with van der Waals surface area (Å²) in [4.78, 5) is 12.4. The molecule has 0 bridgehead atoms. The van der Waals surface area contributed by atoms with Crippen LogP contribution >= 0.6 is 11.6 Å². The number of ether oxygens (including phenoxy) is 1. The van der Waals surface area contributed by atoms with Crippen LogP contribution in [-0.4, -0.2) is 24.7 Å². The van der Waals surface area contributed by atoms with Crippen LogP contribution in [0.15, 0.2) is 18.2 Å². The zero-order chi connectivity index (χ0) is 14.8.